The molecule has 10 atom stereocenters. The molecular weight excluding hydrogens is 675 g/mol. The van der Waals surface area contributed by atoms with Crippen molar-refractivity contribution in [2.24, 2.45) is 55.8 Å². The summed E-state index contributed by atoms with van der Waals surface area (Å²) < 4.78 is 48.0. The molecule has 3 aliphatic carbocycles. The van der Waals surface area contributed by atoms with Crippen LogP contribution in [0.5, 0.6) is 0 Å². The van der Waals surface area contributed by atoms with Gasteiger partial charge in [0.25, 0.3) is 10.1 Å². The van der Waals surface area contributed by atoms with Crippen LogP contribution in [-0.2, 0) is 28.5 Å². The molecule has 15 nitrogen and oxygen atoms in total. The molecule has 3 fully saturated rings. The highest BCUT2D eigenvalue weighted by atomic mass is 32.2. The second-order valence-electron chi connectivity index (χ2n) is 15.7. The van der Waals surface area contributed by atoms with Crippen molar-refractivity contribution < 1.29 is 26.8 Å². The second kappa shape index (κ2) is 21.4. The van der Waals surface area contributed by atoms with Gasteiger partial charge in [-0.3, -0.25) is 4.18 Å². The fourth-order valence-electron chi connectivity index (χ4n) is 9.65. The average Bonchev–Trinajstić information content (AvgIpc) is 3.39. The van der Waals surface area contributed by atoms with Crippen molar-refractivity contribution in [1.29, 1.82) is 0 Å². The Bertz CT molecular complexity index is 1320. The van der Waals surface area contributed by atoms with Gasteiger partial charge < -0.3 is 14.2 Å². The molecule has 51 heavy (non-hydrogen) atoms. The second-order valence-corrected chi connectivity index (χ2v) is 17.4. The number of nitrogens with zero attached hydrogens (tertiary/aromatic N) is 9. The Hall–Kier alpha value is -2.28. The molecule has 0 aliphatic heterocycles. The first kappa shape index (κ1) is 43.1. The highest BCUT2D eigenvalue weighted by molar-refractivity contribution is 7.85. The smallest absolute Gasteiger partial charge is 0.264 e. The molecule has 0 saturated heterocycles. The van der Waals surface area contributed by atoms with E-state index in [-0.39, 0.29) is 35.7 Å². The van der Waals surface area contributed by atoms with E-state index in [0.717, 1.165) is 64.0 Å². The van der Waals surface area contributed by atoms with E-state index in [2.05, 4.69) is 57.8 Å². The van der Waals surface area contributed by atoms with Gasteiger partial charge in [-0.25, -0.2) is 0 Å². The van der Waals surface area contributed by atoms with Crippen LogP contribution in [0.15, 0.2) is 15.3 Å². The van der Waals surface area contributed by atoms with Gasteiger partial charge in [-0.1, -0.05) is 43.0 Å². The standard InChI is InChI=1S/C35H63N9O6S/c1-26(10-6-21-50-51(5,45)46)32-12-11-27(2)35(32,4)33(49-20-9-17-41-44-38)25-29-24-31(48-19-8-16-40-43-37)23-28-22-30(13-14-34(28,29)3)47-18-7-15-39-42-36/h26-33H,6-25H2,1-5H3/t26-,27-,28?,29-,30-,31-,32?,33?,34+,35+/m1/s1. The summed E-state index contributed by atoms with van der Waals surface area (Å²) in [5.41, 5.74) is 26.2. The zero-order valence-corrected chi connectivity index (χ0v) is 32.5. The summed E-state index contributed by atoms with van der Waals surface area (Å²) >= 11 is 0. The Kier molecular flexibility index (Phi) is 18.1. The van der Waals surface area contributed by atoms with Gasteiger partial charge >= 0.3 is 0 Å². The van der Waals surface area contributed by atoms with Crippen LogP contribution in [0.1, 0.15) is 111 Å². The van der Waals surface area contributed by atoms with Crippen molar-refractivity contribution in [2.75, 3.05) is 52.3 Å². The molecule has 0 radical (unpaired) electrons. The van der Waals surface area contributed by atoms with Crippen molar-refractivity contribution in [1.82, 2.24) is 0 Å². The number of fused-ring (bicyclic) bond motifs is 1. The van der Waals surface area contributed by atoms with Crippen LogP contribution in [0.4, 0.5) is 0 Å². The first-order valence-electron chi connectivity index (χ1n) is 19.1. The Morgan fingerprint density at radius 3 is 2.00 bits per heavy atom. The maximum absolute atomic E-state index is 11.6. The zero-order chi connectivity index (χ0) is 37.3. The van der Waals surface area contributed by atoms with Gasteiger partial charge in [0.2, 0.25) is 0 Å². The van der Waals surface area contributed by atoms with E-state index in [4.69, 9.17) is 35.0 Å². The Labute approximate surface area is 305 Å². The molecule has 0 spiro atoms. The minimum atomic E-state index is -3.46. The summed E-state index contributed by atoms with van der Waals surface area (Å²) in [4.78, 5) is 8.66. The molecule has 290 valence electrons. The van der Waals surface area contributed by atoms with Gasteiger partial charge in [0.05, 0.1) is 31.2 Å². The largest absolute Gasteiger partial charge is 0.378 e. The maximum Gasteiger partial charge on any atom is 0.264 e. The molecular formula is C35H63N9O6S. The van der Waals surface area contributed by atoms with Crippen molar-refractivity contribution >= 4 is 10.1 Å². The molecule has 16 heteroatoms. The van der Waals surface area contributed by atoms with Crippen LogP contribution in [-0.4, -0.2) is 79.0 Å². The first-order chi connectivity index (χ1) is 24.4. The van der Waals surface area contributed by atoms with Crippen LogP contribution < -0.4 is 0 Å². The molecule has 3 unspecified atom stereocenters. The summed E-state index contributed by atoms with van der Waals surface area (Å²) in [6, 6.07) is 0. The topological polar surface area (TPSA) is 217 Å². The maximum atomic E-state index is 11.6. The van der Waals surface area contributed by atoms with E-state index in [1.165, 1.54) is 0 Å². The van der Waals surface area contributed by atoms with E-state index < -0.39 is 10.1 Å². The van der Waals surface area contributed by atoms with E-state index >= 15 is 0 Å². The fourth-order valence-corrected chi connectivity index (χ4v) is 10.1. The molecule has 0 aromatic heterocycles. The predicted molar refractivity (Wildman–Crippen MR) is 197 cm³/mol. The van der Waals surface area contributed by atoms with Crippen molar-refractivity contribution in [2.45, 2.75) is 129 Å². The van der Waals surface area contributed by atoms with Crippen molar-refractivity contribution in [3.8, 4) is 0 Å². The Morgan fingerprint density at radius 2 is 1.39 bits per heavy atom. The van der Waals surface area contributed by atoms with E-state index in [0.29, 0.717) is 94.7 Å². The molecule has 0 bridgehead atoms. The molecule has 0 amide bonds. The third kappa shape index (κ3) is 13.0. The highest BCUT2D eigenvalue weighted by Crippen LogP contribution is 2.60. The van der Waals surface area contributed by atoms with Crippen molar-refractivity contribution in [3.63, 3.8) is 0 Å². The number of rotatable bonds is 24. The SMILES string of the molecule is C[C@H](CCCOS(C)(=O)=O)C1CC[C@@H](C)[C@]1(C)C(C[C@H]1C[C@H](OCCCN=[N+]=[N-])CC2C[C@H](OCCCN=[N+]=[N-])CC[C@@]21C)OCCCN=[N+]=[N-]. The first-order valence-corrected chi connectivity index (χ1v) is 20.9. The lowest BCUT2D eigenvalue weighted by Crippen LogP contribution is -2.52. The number of azide groups is 3. The Morgan fingerprint density at radius 1 is 0.804 bits per heavy atom. The summed E-state index contributed by atoms with van der Waals surface area (Å²) in [6.45, 7) is 12.7. The van der Waals surface area contributed by atoms with Gasteiger partial charge in [0, 0.05) is 54.2 Å². The summed E-state index contributed by atoms with van der Waals surface area (Å²) in [7, 11) is -3.46. The molecule has 3 rings (SSSR count). The van der Waals surface area contributed by atoms with Crippen molar-refractivity contribution in [3.05, 3.63) is 31.3 Å². The van der Waals surface area contributed by atoms with E-state index in [1.807, 2.05) is 0 Å². The average molecular weight is 738 g/mol. The Balaban J connectivity index is 1.85. The number of hydrogen-bond donors (Lipinski definition) is 0. The number of hydrogen-bond acceptors (Lipinski definition) is 9. The summed E-state index contributed by atoms with van der Waals surface area (Å²) in [6.07, 6.45) is 13.0. The minimum Gasteiger partial charge on any atom is -0.378 e. The zero-order valence-electron chi connectivity index (χ0n) is 31.6. The van der Waals surface area contributed by atoms with Gasteiger partial charge in [0.1, 0.15) is 0 Å². The van der Waals surface area contributed by atoms with Crippen LogP contribution in [0.2, 0.25) is 0 Å². The third-order valence-corrected chi connectivity index (χ3v) is 13.3. The van der Waals surface area contributed by atoms with Crippen LogP contribution in [0.25, 0.3) is 31.3 Å². The normalized spacial score (nSPS) is 31.8. The van der Waals surface area contributed by atoms with E-state index in [1.54, 1.807) is 0 Å². The van der Waals surface area contributed by atoms with E-state index in [9.17, 15) is 8.42 Å². The molecule has 3 aliphatic rings. The molecule has 0 heterocycles. The lowest BCUT2D eigenvalue weighted by molar-refractivity contribution is -0.146. The minimum absolute atomic E-state index is 0.0124. The predicted octanol–water partition coefficient (Wildman–Crippen LogP) is 9.29. The molecule has 0 N–H and O–H groups in total. The monoisotopic (exact) mass is 737 g/mol. The van der Waals surface area contributed by atoms with Crippen LogP contribution >= 0.6 is 0 Å². The van der Waals surface area contributed by atoms with Crippen LogP contribution in [0, 0.1) is 40.4 Å². The van der Waals surface area contributed by atoms with Gasteiger partial charge in [-0.2, -0.15) is 8.42 Å². The molecule has 0 aromatic carbocycles. The number of ether oxygens (including phenoxy) is 3. The highest BCUT2D eigenvalue weighted by Gasteiger charge is 2.55. The lowest BCUT2D eigenvalue weighted by atomic mass is 9.52. The lowest BCUT2D eigenvalue weighted by Gasteiger charge is -2.56. The summed E-state index contributed by atoms with van der Waals surface area (Å²) in [5, 5.41) is 11.1. The van der Waals surface area contributed by atoms with Gasteiger partial charge in [-0.15, -0.1) is 0 Å². The summed E-state index contributed by atoms with van der Waals surface area (Å²) in [5.74, 6) is 1.98. The van der Waals surface area contributed by atoms with Gasteiger partial charge in [0.15, 0.2) is 0 Å². The fraction of sp³-hybridized carbons (Fsp3) is 1.00. The molecule has 3 saturated carbocycles. The quantitative estimate of drug-likeness (QED) is 0.0309. The molecule has 0 aromatic rings. The third-order valence-electron chi connectivity index (χ3n) is 12.7. The van der Waals surface area contributed by atoms with Crippen LogP contribution in [0.3, 0.4) is 0 Å². The van der Waals surface area contributed by atoms with Gasteiger partial charge in [-0.05, 0) is 140 Å².